The number of amides is 1. The molecule has 1 saturated heterocycles. The molecule has 2 N–H and O–H groups in total. The van der Waals surface area contributed by atoms with Gasteiger partial charge in [0.25, 0.3) is 5.91 Å². The number of thiazole rings is 1. The van der Waals surface area contributed by atoms with E-state index in [1.165, 1.54) is 11.3 Å². The van der Waals surface area contributed by atoms with Crippen molar-refractivity contribution in [2.75, 3.05) is 23.3 Å². The van der Waals surface area contributed by atoms with E-state index in [2.05, 4.69) is 39.0 Å². The van der Waals surface area contributed by atoms with Gasteiger partial charge in [0.15, 0.2) is 5.13 Å². The first kappa shape index (κ1) is 17.7. The summed E-state index contributed by atoms with van der Waals surface area (Å²) >= 11 is 1.39. The van der Waals surface area contributed by atoms with Crippen molar-refractivity contribution in [1.29, 1.82) is 0 Å². The molecule has 0 spiro atoms. The predicted octanol–water partition coefficient (Wildman–Crippen LogP) is 3.40. The summed E-state index contributed by atoms with van der Waals surface area (Å²) in [7, 11) is 0. The topological polar surface area (TPSA) is 83.1 Å². The summed E-state index contributed by atoms with van der Waals surface area (Å²) in [6.07, 6.45) is 3.78. The number of morpholine rings is 1. The van der Waals surface area contributed by atoms with Gasteiger partial charge in [-0.2, -0.15) is 0 Å². The number of aromatic amines is 1. The lowest BCUT2D eigenvalue weighted by atomic mass is 10.2. The normalized spacial score (nSPS) is 19.9. The second-order valence-electron chi connectivity index (χ2n) is 6.64. The van der Waals surface area contributed by atoms with Gasteiger partial charge >= 0.3 is 0 Å². The van der Waals surface area contributed by atoms with Gasteiger partial charge in [-0.1, -0.05) is 0 Å². The van der Waals surface area contributed by atoms with Gasteiger partial charge in [-0.15, -0.1) is 11.3 Å². The van der Waals surface area contributed by atoms with Gasteiger partial charge < -0.3 is 14.6 Å². The number of carbonyl (C=O) groups excluding carboxylic acids is 1. The molecule has 4 heterocycles. The van der Waals surface area contributed by atoms with E-state index < -0.39 is 0 Å². The van der Waals surface area contributed by atoms with Crippen molar-refractivity contribution in [1.82, 2.24) is 15.0 Å². The summed E-state index contributed by atoms with van der Waals surface area (Å²) in [5.74, 6) is 0.641. The van der Waals surface area contributed by atoms with E-state index in [1.807, 2.05) is 29.8 Å². The summed E-state index contributed by atoms with van der Waals surface area (Å²) in [5.41, 5.74) is 2.24. The van der Waals surface area contributed by atoms with E-state index >= 15 is 0 Å². The zero-order valence-electron chi connectivity index (χ0n) is 15.2. The number of H-pyrrole nitrogens is 1. The molecule has 0 radical (unpaired) electrons. The van der Waals surface area contributed by atoms with E-state index in [0.29, 0.717) is 10.7 Å². The van der Waals surface area contributed by atoms with Gasteiger partial charge in [-0.25, -0.2) is 9.97 Å². The minimum Gasteiger partial charge on any atom is -0.372 e. The van der Waals surface area contributed by atoms with Gasteiger partial charge in [0.1, 0.15) is 5.82 Å². The lowest BCUT2D eigenvalue weighted by Gasteiger charge is -2.36. The highest BCUT2D eigenvalue weighted by Crippen LogP contribution is 2.24. The largest absolute Gasteiger partial charge is 0.372 e. The molecule has 3 aromatic heterocycles. The van der Waals surface area contributed by atoms with Crippen molar-refractivity contribution < 1.29 is 9.53 Å². The maximum absolute atomic E-state index is 12.5. The molecule has 0 bridgehead atoms. The average Bonchev–Trinajstić information content (AvgIpc) is 3.32. The highest BCUT2D eigenvalue weighted by atomic mass is 32.1. The van der Waals surface area contributed by atoms with E-state index in [-0.39, 0.29) is 18.1 Å². The first-order valence-electron chi connectivity index (χ1n) is 8.85. The minimum atomic E-state index is -0.217. The van der Waals surface area contributed by atoms with Gasteiger partial charge in [0.05, 0.1) is 29.2 Å². The fraction of sp³-hybridized carbons (Fsp3) is 0.316. The quantitative estimate of drug-likeness (QED) is 0.721. The van der Waals surface area contributed by atoms with Gasteiger partial charge in [-0.05, 0) is 38.1 Å². The number of nitrogens with zero attached hydrogens (tertiary/aromatic N) is 3. The molecule has 27 heavy (non-hydrogen) atoms. The Kier molecular flexibility index (Phi) is 4.91. The van der Waals surface area contributed by atoms with Crippen molar-refractivity contribution in [2.45, 2.75) is 26.1 Å². The maximum atomic E-state index is 12.5. The number of aromatic nitrogens is 3. The Bertz CT molecular complexity index is 897. The Hall–Kier alpha value is -2.71. The molecule has 1 aliphatic rings. The van der Waals surface area contributed by atoms with Gasteiger partial charge in [-0.3, -0.25) is 10.1 Å². The number of rotatable bonds is 4. The fourth-order valence-electron chi connectivity index (χ4n) is 3.19. The molecule has 0 aromatic carbocycles. The molecule has 3 aromatic rings. The predicted molar refractivity (Wildman–Crippen MR) is 106 cm³/mol. The molecule has 1 aliphatic heterocycles. The fourth-order valence-corrected chi connectivity index (χ4v) is 3.89. The van der Waals surface area contributed by atoms with E-state index in [0.717, 1.165) is 30.3 Å². The summed E-state index contributed by atoms with van der Waals surface area (Å²) in [5, 5.41) is 5.30. The first-order chi connectivity index (χ1) is 13.1. The Balaban J connectivity index is 1.42. The van der Waals surface area contributed by atoms with Crippen LogP contribution in [0, 0.1) is 0 Å². The van der Waals surface area contributed by atoms with E-state index in [9.17, 15) is 4.79 Å². The number of anilines is 2. The lowest BCUT2D eigenvalue weighted by Crippen LogP contribution is -2.45. The van der Waals surface area contributed by atoms with Crippen LogP contribution in [0.15, 0.2) is 42.0 Å². The molecular weight excluding hydrogens is 362 g/mol. The SMILES string of the molecule is C[C@H]1CN(c2ccc(C(=O)Nc3nc(-c4ccc[nH]4)cs3)cn2)C[C@H](C)O1. The van der Waals surface area contributed by atoms with Crippen LogP contribution < -0.4 is 10.2 Å². The smallest absolute Gasteiger partial charge is 0.259 e. The monoisotopic (exact) mass is 383 g/mol. The number of nitrogens with one attached hydrogen (secondary N) is 2. The van der Waals surface area contributed by atoms with Crippen molar-refractivity contribution in [3.63, 3.8) is 0 Å². The van der Waals surface area contributed by atoms with E-state index in [4.69, 9.17) is 4.74 Å². The van der Waals surface area contributed by atoms with Crippen LogP contribution in [0.2, 0.25) is 0 Å². The standard InChI is InChI=1S/C19H21N5O2S/c1-12-9-24(10-13(2)26-12)17-6-5-14(8-21-17)18(25)23-19-22-16(11-27-19)15-4-3-7-20-15/h3-8,11-13,20H,9-10H2,1-2H3,(H,22,23,25)/t12-,13-/m0/s1. The second-order valence-corrected chi connectivity index (χ2v) is 7.50. The van der Waals surface area contributed by atoms with Crippen LogP contribution in [0.5, 0.6) is 0 Å². The maximum Gasteiger partial charge on any atom is 0.259 e. The highest BCUT2D eigenvalue weighted by Gasteiger charge is 2.23. The zero-order chi connectivity index (χ0) is 18.8. The summed E-state index contributed by atoms with van der Waals surface area (Å²) in [4.78, 5) is 26.7. The van der Waals surface area contributed by atoms with E-state index in [1.54, 1.807) is 12.3 Å². The zero-order valence-corrected chi connectivity index (χ0v) is 16.0. The van der Waals surface area contributed by atoms with Crippen LogP contribution >= 0.6 is 11.3 Å². The van der Waals surface area contributed by atoms with Gasteiger partial charge in [0.2, 0.25) is 0 Å². The summed E-state index contributed by atoms with van der Waals surface area (Å²) in [6, 6.07) is 7.53. The molecule has 140 valence electrons. The molecule has 7 nitrogen and oxygen atoms in total. The number of hydrogen-bond donors (Lipinski definition) is 2. The Morgan fingerprint density at radius 3 is 2.78 bits per heavy atom. The first-order valence-corrected chi connectivity index (χ1v) is 9.73. The average molecular weight is 383 g/mol. The molecular formula is C19H21N5O2S. The van der Waals surface area contributed by atoms with Crippen molar-refractivity contribution >= 4 is 28.2 Å². The van der Waals surface area contributed by atoms with Crippen LogP contribution in [0.3, 0.4) is 0 Å². The lowest BCUT2D eigenvalue weighted by molar-refractivity contribution is -0.00546. The third-order valence-electron chi connectivity index (χ3n) is 4.35. The molecule has 1 fully saturated rings. The molecule has 0 saturated carbocycles. The molecule has 0 unspecified atom stereocenters. The number of pyridine rings is 1. The van der Waals surface area contributed by atoms with Crippen LogP contribution in [0.1, 0.15) is 24.2 Å². The number of carbonyl (C=O) groups is 1. The Labute approximate surface area is 161 Å². The van der Waals surface area contributed by atoms with Crippen molar-refractivity contribution in [3.8, 4) is 11.4 Å². The molecule has 1 amide bonds. The highest BCUT2D eigenvalue weighted by molar-refractivity contribution is 7.14. The number of ether oxygens (including phenoxy) is 1. The molecule has 0 aliphatic carbocycles. The Morgan fingerprint density at radius 1 is 1.30 bits per heavy atom. The number of hydrogen-bond acceptors (Lipinski definition) is 6. The Morgan fingerprint density at radius 2 is 2.11 bits per heavy atom. The van der Waals surface area contributed by atoms with Crippen LogP contribution in [-0.4, -0.2) is 46.2 Å². The summed E-state index contributed by atoms with van der Waals surface area (Å²) < 4.78 is 5.75. The van der Waals surface area contributed by atoms with Crippen molar-refractivity contribution in [2.24, 2.45) is 0 Å². The molecule has 2 atom stereocenters. The summed E-state index contributed by atoms with van der Waals surface area (Å²) in [6.45, 7) is 5.70. The third kappa shape index (κ3) is 4.01. The van der Waals surface area contributed by atoms with Crippen LogP contribution in [0.4, 0.5) is 10.9 Å². The van der Waals surface area contributed by atoms with Gasteiger partial charge in [0, 0.05) is 30.9 Å². The third-order valence-corrected chi connectivity index (χ3v) is 5.11. The molecule has 4 rings (SSSR count). The van der Waals surface area contributed by atoms with Crippen LogP contribution in [-0.2, 0) is 4.74 Å². The second kappa shape index (κ2) is 7.50. The van der Waals surface area contributed by atoms with Crippen molar-refractivity contribution in [3.05, 3.63) is 47.6 Å². The molecule has 8 heteroatoms. The minimum absolute atomic E-state index is 0.164. The van der Waals surface area contributed by atoms with Crippen LogP contribution in [0.25, 0.3) is 11.4 Å².